The Morgan fingerprint density at radius 2 is 1.73 bits per heavy atom. The maximum Gasteiger partial charge on any atom is 0.291 e. The van der Waals surface area contributed by atoms with Gasteiger partial charge in [0.25, 0.3) is 5.91 Å². The standard InChI is InChI=1S/C20H17ClN2O3/c1-22-19(24)12-13-6-8-14(9-7-13)23-20(25)18-11-10-17(26-18)15-4-2-3-5-16(15)21/h2-11H,12H2,1H3,(H,22,24)(H,23,25). The minimum atomic E-state index is -0.359. The van der Waals surface area contributed by atoms with Crippen LogP contribution in [0.25, 0.3) is 11.3 Å². The number of hydrogen-bond acceptors (Lipinski definition) is 3. The van der Waals surface area contributed by atoms with Crippen molar-refractivity contribution in [3.63, 3.8) is 0 Å². The minimum absolute atomic E-state index is 0.0653. The van der Waals surface area contributed by atoms with E-state index in [4.69, 9.17) is 16.0 Å². The lowest BCUT2D eigenvalue weighted by atomic mass is 10.1. The molecule has 0 atom stereocenters. The molecule has 132 valence electrons. The van der Waals surface area contributed by atoms with E-state index in [0.717, 1.165) is 11.1 Å². The second-order valence-corrected chi connectivity index (χ2v) is 6.05. The number of amides is 2. The first-order valence-corrected chi connectivity index (χ1v) is 8.40. The molecule has 0 unspecified atom stereocenters. The number of rotatable bonds is 5. The van der Waals surface area contributed by atoms with Gasteiger partial charge >= 0.3 is 0 Å². The Morgan fingerprint density at radius 3 is 2.42 bits per heavy atom. The van der Waals surface area contributed by atoms with Crippen LogP contribution in [-0.2, 0) is 11.2 Å². The molecule has 0 fully saturated rings. The predicted molar refractivity (Wildman–Crippen MR) is 101 cm³/mol. The highest BCUT2D eigenvalue weighted by Crippen LogP contribution is 2.29. The van der Waals surface area contributed by atoms with Crippen molar-refractivity contribution in [3.05, 3.63) is 77.0 Å². The molecule has 2 N–H and O–H groups in total. The van der Waals surface area contributed by atoms with Crippen LogP contribution in [0, 0.1) is 0 Å². The Hall–Kier alpha value is -3.05. The highest BCUT2D eigenvalue weighted by molar-refractivity contribution is 6.33. The molecule has 0 saturated carbocycles. The molecule has 1 aromatic heterocycles. The van der Waals surface area contributed by atoms with Crippen LogP contribution in [0.2, 0.25) is 5.02 Å². The quantitative estimate of drug-likeness (QED) is 0.711. The van der Waals surface area contributed by atoms with Gasteiger partial charge in [0.2, 0.25) is 5.91 Å². The first-order chi connectivity index (χ1) is 12.6. The summed E-state index contributed by atoms with van der Waals surface area (Å²) in [6.07, 6.45) is 0.296. The van der Waals surface area contributed by atoms with Crippen molar-refractivity contribution in [3.8, 4) is 11.3 Å². The number of likely N-dealkylation sites (N-methyl/N-ethyl adjacent to an activating group) is 1. The van der Waals surface area contributed by atoms with Crippen molar-refractivity contribution in [2.75, 3.05) is 12.4 Å². The first kappa shape index (κ1) is 17.8. The van der Waals surface area contributed by atoms with Crippen molar-refractivity contribution in [1.29, 1.82) is 0 Å². The van der Waals surface area contributed by atoms with E-state index in [2.05, 4.69) is 10.6 Å². The monoisotopic (exact) mass is 368 g/mol. The molecule has 1 heterocycles. The van der Waals surface area contributed by atoms with E-state index in [-0.39, 0.29) is 17.6 Å². The fourth-order valence-corrected chi connectivity index (χ4v) is 2.67. The molecule has 0 bridgehead atoms. The predicted octanol–water partition coefficient (Wildman–Crippen LogP) is 4.14. The lowest BCUT2D eigenvalue weighted by Gasteiger charge is -2.05. The van der Waals surface area contributed by atoms with Gasteiger partial charge in [0.05, 0.1) is 11.4 Å². The van der Waals surface area contributed by atoms with Crippen molar-refractivity contribution >= 4 is 29.1 Å². The highest BCUT2D eigenvalue weighted by atomic mass is 35.5. The maximum absolute atomic E-state index is 12.4. The topological polar surface area (TPSA) is 71.3 Å². The number of carbonyl (C=O) groups excluding carboxylic acids is 2. The molecule has 2 aromatic carbocycles. The van der Waals surface area contributed by atoms with Crippen LogP contribution in [0.15, 0.2) is 65.1 Å². The molecule has 0 aliphatic carbocycles. The maximum atomic E-state index is 12.4. The third kappa shape index (κ3) is 4.13. The van der Waals surface area contributed by atoms with Crippen LogP contribution in [0.1, 0.15) is 16.1 Å². The average Bonchev–Trinajstić information content (AvgIpc) is 3.13. The summed E-state index contributed by atoms with van der Waals surface area (Å²) >= 11 is 6.15. The molecule has 2 amide bonds. The summed E-state index contributed by atoms with van der Waals surface area (Å²) in [5.74, 6) is 0.294. The van der Waals surface area contributed by atoms with E-state index < -0.39 is 0 Å². The number of furan rings is 1. The zero-order valence-corrected chi connectivity index (χ0v) is 14.8. The summed E-state index contributed by atoms with van der Waals surface area (Å²) < 4.78 is 5.63. The van der Waals surface area contributed by atoms with E-state index in [9.17, 15) is 9.59 Å². The Labute approximate surface area is 156 Å². The fourth-order valence-electron chi connectivity index (χ4n) is 2.44. The summed E-state index contributed by atoms with van der Waals surface area (Å²) in [5.41, 5.74) is 2.21. The van der Waals surface area contributed by atoms with Gasteiger partial charge in [-0.05, 0) is 42.0 Å². The van der Waals surface area contributed by atoms with Crippen molar-refractivity contribution in [2.24, 2.45) is 0 Å². The fraction of sp³-hybridized carbons (Fsp3) is 0.100. The molecule has 6 heteroatoms. The van der Waals surface area contributed by atoms with E-state index in [1.54, 1.807) is 49.5 Å². The lowest BCUT2D eigenvalue weighted by Crippen LogP contribution is -2.19. The molecule has 0 saturated heterocycles. The number of halogens is 1. The Bertz CT molecular complexity index is 932. The van der Waals surface area contributed by atoms with Gasteiger partial charge in [-0.25, -0.2) is 0 Å². The Kier molecular flexibility index (Phi) is 5.39. The van der Waals surface area contributed by atoms with Crippen molar-refractivity contribution in [2.45, 2.75) is 6.42 Å². The van der Waals surface area contributed by atoms with E-state index in [1.807, 2.05) is 18.2 Å². The molecule has 26 heavy (non-hydrogen) atoms. The van der Waals surface area contributed by atoms with Gasteiger partial charge in [0.1, 0.15) is 5.76 Å². The largest absolute Gasteiger partial charge is 0.451 e. The third-order valence-corrected chi connectivity index (χ3v) is 4.15. The highest BCUT2D eigenvalue weighted by Gasteiger charge is 2.14. The molecule has 0 aliphatic heterocycles. The van der Waals surface area contributed by atoms with Gasteiger partial charge < -0.3 is 15.1 Å². The zero-order valence-electron chi connectivity index (χ0n) is 14.1. The molecule has 0 radical (unpaired) electrons. The van der Waals surface area contributed by atoms with Crippen LogP contribution in [0.5, 0.6) is 0 Å². The number of hydrogen-bond donors (Lipinski definition) is 2. The molecular formula is C20H17ClN2O3. The third-order valence-electron chi connectivity index (χ3n) is 3.82. The summed E-state index contributed by atoms with van der Waals surface area (Å²) in [6, 6.07) is 17.7. The van der Waals surface area contributed by atoms with Crippen LogP contribution in [-0.4, -0.2) is 18.9 Å². The zero-order chi connectivity index (χ0) is 18.5. The van der Waals surface area contributed by atoms with Crippen molar-refractivity contribution < 1.29 is 14.0 Å². The summed E-state index contributed by atoms with van der Waals surface area (Å²) in [4.78, 5) is 23.7. The van der Waals surface area contributed by atoms with Gasteiger partial charge in [-0.1, -0.05) is 35.9 Å². The van der Waals surface area contributed by atoms with E-state index in [0.29, 0.717) is 22.9 Å². The van der Waals surface area contributed by atoms with Crippen LogP contribution >= 0.6 is 11.6 Å². The summed E-state index contributed by atoms with van der Waals surface area (Å²) in [6.45, 7) is 0. The van der Waals surface area contributed by atoms with Gasteiger partial charge in [-0.15, -0.1) is 0 Å². The summed E-state index contributed by atoms with van der Waals surface area (Å²) in [7, 11) is 1.59. The van der Waals surface area contributed by atoms with Gasteiger partial charge in [0.15, 0.2) is 5.76 Å². The SMILES string of the molecule is CNC(=O)Cc1ccc(NC(=O)c2ccc(-c3ccccc3Cl)o2)cc1. The number of nitrogens with one attached hydrogen (secondary N) is 2. The number of anilines is 1. The number of benzene rings is 2. The van der Waals surface area contributed by atoms with E-state index in [1.165, 1.54) is 0 Å². The second kappa shape index (κ2) is 7.89. The van der Waals surface area contributed by atoms with Crippen molar-refractivity contribution in [1.82, 2.24) is 5.32 Å². The number of carbonyl (C=O) groups is 2. The molecule has 3 rings (SSSR count). The molecule has 0 aliphatic rings. The lowest BCUT2D eigenvalue weighted by molar-refractivity contribution is -0.119. The summed E-state index contributed by atoms with van der Waals surface area (Å²) in [5, 5.41) is 5.89. The normalized spacial score (nSPS) is 10.4. The smallest absolute Gasteiger partial charge is 0.291 e. The molecule has 3 aromatic rings. The van der Waals surface area contributed by atoms with E-state index >= 15 is 0 Å². The van der Waals surface area contributed by atoms with Gasteiger partial charge in [0, 0.05) is 18.3 Å². The molecule has 5 nitrogen and oxygen atoms in total. The van der Waals surface area contributed by atoms with Gasteiger partial charge in [-0.2, -0.15) is 0 Å². The molecule has 0 spiro atoms. The Morgan fingerprint density at radius 1 is 1.00 bits per heavy atom. The van der Waals surface area contributed by atoms with Gasteiger partial charge in [-0.3, -0.25) is 9.59 Å². The van der Waals surface area contributed by atoms with Crippen LogP contribution in [0.4, 0.5) is 5.69 Å². The average molecular weight is 369 g/mol. The molecular weight excluding hydrogens is 352 g/mol. The van der Waals surface area contributed by atoms with Crippen LogP contribution < -0.4 is 10.6 Å². The Balaban J connectivity index is 1.69. The van der Waals surface area contributed by atoms with Crippen LogP contribution in [0.3, 0.4) is 0 Å². The second-order valence-electron chi connectivity index (χ2n) is 5.64. The first-order valence-electron chi connectivity index (χ1n) is 8.02. The minimum Gasteiger partial charge on any atom is -0.451 e.